The summed E-state index contributed by atoms with van der Waals surface area (Å²) in [6.45, 7) is 13.8. The Morgan fingerprint density at radius 2 is 0.547 bits per heavy atom. The standard InChI is InChI=1S/C50H43N3/c1-49(2,3)32-23-25-41-39-17-9-13-21-45(39)52(47(41)27-32)35-29-34(51-43-19-11-7-15-37(43)38-16-8-12-20-44(38)51)30-36(31-35)53-46-22-14-10-18-40(46)42-26-24-33(28-48(42)53)50(4,5)6/h7-31H,1-6H3. The number of hydrogen-bond donors (Lipinski definition) is 0. The van der Waals surface area contributed by atoms with Crippen LogP contribution in [0.2, 0.25) is 0 Å². The van der Waals surface area contributed by atoms with Gasteiger partial charge in [0, 0.05) is 32.3 Å². The number of nitrogens with zero attached hydrogens (tertiary/aromatic N) is 3. The lowest BCUT2D eigenvalue weighted by Crippen LogP contribution is -2.11. The highest BCUT2D eigenvalue weighted by atomic mass is 15.0. The Hall–Kier alpha value is -6.06. The maximum Gasteiger partial charge on any atom is 0.0544 e. The molecule has 0 saturated heterocycles. The van der Waals surface area contributed by atoms with Gasteiger partial charge in [0.1, 0.15) is 0 Å². The van der Waals surface area contributed by atoms with E-state index in [1.54, 1.807) is 0 Å². The number of benzene rings is 7. The molecule has 0 amide bonds. The van der Waals surface area contributed by atoms with Gasteiger partial charge in [0.25, 0.3) is 0 Å². The minimum atomic E-state index is 0.0131. The fourth-order valence-electron chi connectivity index (χ4n) is 8.60. The van der Waals surface area contributed by atoms with Crippen LogP contribution in [0.15, 0.2) is 152 Å². The lowest BCUT2D eigenvalue weighted by molar-refractivity contribution is 0.590. The highest BCUT2D eigenvalue weighted by Gasteiger charge is 2.22. The summed E-state index contributed by atoms with van der Waals surface area (Å²) in [5.74, 6) is 0. The van der Waals surface area contributed by atoms with Crippen LogP contribution in [0.5, 0.6) is 0 Å². The predicted molar refractivity (Wildman–Crippen MR) is 227 cm³/mol. The Morgan fingerprint density at radius 3 is 0.849 bits per heavy atom. The topological polar surface area (TPSA) is 14.8 Å². The first-order chi connectivity index (χ1) is 25.6. The molecule has 0 spiro atoms. The molecule has 0 N–H and O–H groups in total. The van der Waals surface area contributed by atoms with Gasteiger partial charge in [-0.05, 0) is 76.6 Å². The summed E-state index contributed by atoms with van der Waals surface area (Å²) in [5, 5.41) is 7.58. The van der Waals surface area contributed by atoms with E-state index in [2.05, 4.69) is 207 Å². The maximum absolute atomic E-state index is 2.50. The Kier molecular flexibility index (Phi) is 6.70. The summed E-state index contributed by atoms with van der Waals surface area (Å²) >= 11 is 0. The summed E-state index contributed by atoms with van der Waals surface area (Å²) in [5.41, 5.74) is 13.3. The molecule has 0 bridgehead atoms. The third-order valence-corrected chi connectivity index (χ3v) is 11.3. The van der Waals surface area contributed by atoms with E-state index < -0.39 is 0 Å². The van der Waals surface area contributed by atoms with E-state index in [0.717, 1.165) is 17.1 Å². The summed E-state index contributed by atoms with van der Waals surface area (Å²) in [6.07, 6.45) is 0. The zero-order valence-corrected chi connectivity index (χ0v) is 31.3. The number of fused-ring (bicyclic) bond motifs is 9. The molecule has 7 aromatic carbocycles. The molecule has 3 heteroatoms. The molecule has 0 aliphatic rings. The van der Waals surface area contributed by atoms with Gasteiger partial charge in [0.15, 0.2) is 0 Å². The molecule has 258 valence electrons. The number of rotatable bonds is 3. The quantitative estimate of drug-likeness (QED) is 0.176. The van der Waals surface area contributed by atoms with Gasteiger partial charge in [0.05, 0.1) is 50.2 Å². The molecule has 0 fully saturated rings. The van der Waals surface area contributed by atoms with Crippen molar-refractivity contribution in [1.29, 1.82) is 0 Å². The molecule has 0 aliphatic carbocycles. The summed E-state index contributed by atoms with van der Waals surface area (Å²) in [4.78, 5) is 0. The highest BCUT2D eigenvalue weighted by Crippen LogP contribution is 2.40. The van der Waals surface area contributed by atoms with Crippen LogP contribution in [0.4, 0.5) is 0 Å². The van der Waals surface area contributed by atoms with Gasteiger partial charge in [-0.25, -0.2) is 0 Å². The SMILES string of the molecule is CC(C)(C)c1ccc2c3ccccc3n(-c3cc(-n4c5ccccc5c5ccccc54)cc(-n4c5ccccc5c5ccc(C(C)(C)C)cc54)c3)c2c1. The van der Waals surface area contributed by atoms with E-state index in [1.807, 2.05) is 0 Å². The van der Waals surface area contributed by atoms with Crippen molar-refractivity contribution in [2.45, 2.75) is 52.4 Å². The van der Waals surface area contributed by atoms with E-state index in [9.17, 15) is 0 Å². The summed E-state index contributed by atoms with van der Waals surface area (Å²) in [7, 11) is 0. The van der Waals surface area contributed by atoms with Gasteiger partial charge < -0.3 is 13.7 Å². The second-order valence-corrected chi connectivity index (χ2v) is 16.7. The largest absolute Gasteiger partial charge is 0.309 e. The van der Waals surface area contributed by atoms with Gasteiger partial charge in [-0.15, -0.1) is 0 Å². The molecule has 3 heterocycles. The van der Waals surface area contributed by atoms with Crippen LogP contribution >= 0.6 is 0 Å². The van der Waals surface area contributed by atoms with Gasteiger partial charge in [-0.2, -0.15) is 0 Å². The zero-order chi connectivity index (χ0) is 36.2. The first kappa shape index (κ1) is 31.7. The van der Waals surface area contributed by atoms with Gasteiger partial charge in [-0.3, -0.25) is 0 Å². The normalized spacial score (nSPS) is 12.7. The third kappa shape index (κ3) is 4.80. The van der Waals surface area contributed by atoms with E-state index in [0.29, 0.717) is 0 Å². The average Bonchev–Trinajstić information content (AvgIpc) is 3.79. The molecule has 0 atom stereocenters. The lowest BCUT2D eigenvalue weighted by atomic mass is 9.86. The minimum Gasteiger partial charge on any atom is -0.309 e. The van der Waals surface area contributed by atoms with Crippen molar-refractivity contribution < 1.29 is 0 Å². The average molecular weight is 686 g/mol. The van der Waals surface area contributed by atoms with Crippen LogP contribution < -0.4 is 0 Å². The first-order valence-corrected chi connectivity index (χ1v) is 18.8. The van der Waals surface area contributed by atoms with Crippen molar-refractivity contribution in [3.63, 3.8) is 0 Å². The molecule has 10 aromatic rings. The third-order valence-electron chi connectivity index (χ3n) is 11.3. The zero-order valence-electron chi connectivity index (χ0n) is 31.3. The van der Waals surface area contributed by atoms with Crippen LogP contribution in [0.3, 0.4) is 0 Å². The number of aromatic nitrogens is 3. The Morgan fingerprint density at radius 1 is 0.283 bits per heavy atom. The van der Waals surface area contributed by atoms with Crippen LogP contribution in [0.25, 0.3) is 82.5 Å². The van der Waals surface area contributed by atoms with E-state index in [4.69, 9.17) is 0 Å². The lowest BCUT2D eigenvalue weighted by Gasteiger charge is -2.21. The fourth-order valence-corrected chi connectivity index (χ4v) is 8.60. The first-order valence-electron chi connectivity index (χ1n) is 18.8. The monoisotopic (exact) mass is 685 g/mol. The van der Waals surface area contributed by atoms with Crippen LogP contribution in [-0.4, -0.2) is 13.7 Å². The highest BCUT2D eigenvalue weighted by molar-refractivity contribution is 6.12. The molecule has 0 radical (unpaired) electrons. The van der Waals surface area contributed by atoms with Crippen molar-refractivity contribution >= 4 is 65.4 Å². The Labute approximate surface area is 310 Å². The number of para-hydroxylation sites is 4. The molecule has 3 nitrogen and oxygen atoms in total. The van der Waals surface area contributed by atoms with Crippen molar-refractivity contribution in [3.05, 3.63) is 163 Å². The van der Waals surface area contributed by atoms with Crippen molar-refractivity contribution in [1.82, 2.24) is 13.7 Å². The second-order valence-electron chi connectivity index (χ2n) is 16.7. The van der Waals surface area contributed by atoms with Gasteiger partial charge in [-0.1, -0.05) is 139 Å². The molecule has 0 unspecified atom stereocenters. The summed E-state index contributed by atoms with van der Waals surface area (Å²) < 4.78 is 7.45. The molecular formula is C50H43N3. The Balaban J connectivity index is 1.38. The van der Waals surface area contributed by atoms with Crippen molar-refractivity contribution in [2.24, 2.45) is 0 Å². The molecule has 3 aromatic heterocycles. The molecule has 10 rings (SSSR count). The Bertz CT molecular complexity index is 2870. The van der Waals surface area contributed by atoms with Crippen molar-refractivity contribution in [3.8, 4) is 17.1 Å². The molecule has 0 saturated carbocycles. The predicted octanol–water partition coefficient (Wildman–Crippen LogP) is 13.6. The maximum atomic E-state index is 2.50. The molecule has 53 heavy (non-hydrogen) atoms. The van der Waals surface area contributed by atoms with Gasteiger partial charge in [0.2, 0.25) is 0 Å². The van der Waals surface area contributed by atoms with E-state index in [-0.39, 0.29) is 10.8 Å². The van der Waals surface area contributed by atoms with Gasteiger partial charge >= 0.3 is 0 Å². The summed E-state index contributed by atoms with van der Waals surface area (Å²) in [6, 6.07) is 56.7. The van der Waals surface area contributed by atoms with Crippen molar-refractivity contribution in [2.75, 3.05) is 0 Å². The van der Waals surface area contributed by atoms with Crippen LogP contribution in [0.1, 0.15) is 52.7 Å². The fraction of sp³-hybridized carbons (Fsp3) is 0.160. The molecule has 0 aliphatic heterocycles. The van der Waals surface area contributed by atoms with E-state index >= 15 is 0 Å². The molecular weight excluding hydrogens is 643 g/mol. The van der Waals surface area contributed by atoms with Crippen LogP contribution in [0, 0.1) is 0 Å². The van der Waals surface area contributed by atoms with Crippen LogP contribution in [-0.2, 0) is 10.8 Å². The smallest absolute Gasteiger partial charge is 0.0544 e. The number of hydrogen-bond acceptors (Lipinski definition) is 0. The minimum absolute atomic E-state index is 0.0131. The van der Waals surface area contributed by atoms with E-state index in [1.165, 1.54) is 76.5 Å². The second kappa shape index (κ2) is 11.2.